The van der Waals surface area contributed by atoms with Crippen LogP contribution < -0.4 is 10.1 Å². The van der Waals surface area contributed by atoms with E-state index in [1.807, 2.05) is 6.20 Å². The van der Waals surface area contributed by atoms with Gasteiger partial charge in [0.2, 0.25) is 0 Å². The lowest BCUT2D eigenvalue weighted by Gasteiger charge is -2.19. The molecule has 0 aliphatic heterocycles. The highest BCUT2D eigenvalue weighted by molar-refractivity contribution is 6.30. The summed E-state index contributed by atoms with van der Waals surface area (Å²) in [6.45, 7) is 8.15. The Hall–Kier alpha value is -1.66. The first-order valence-corrected chi connectivity index (χ1v) is 7.17. The third-order valence-corrected chi connectivity index (χ3v) is 2.86. The van der Waals surface area contributed by atoms with E-state index >= 15 is 0 Å². The fourth-order valence-electron chi connectivity index (χ4n) is 1.61. The molecule has 0 amide bonds. The molecule has 114 valence electrons. The molecule has 0 saturated carbocycles. The second kappa shape index (κ2) is 6.87. The minimum Gasteiger partial charge on any atom is -0.490 e. The van der Waals surface area contributed by atoms with Gasteiger partial charge in [-0.15, -0.1) is 5.10 Å². The van der Waals surface area contributed by atoms with Gasteiger partial charge < -0.3 is 10.1 Å². The molecule has 7 heteroatoms. The second-order valence-corrected chi connectivity index (χ2v) is 6.20. The highest BCUT2D eigenvalue weighted by Gasteiger charge is 2.10. The van der Waals surface area contributed by atoms with Crippen molar-refractivity contribution in [1.82, 2.24) is 25.3 Å². The Labute approximate surface area is 129 Å². The molecule has 6 nitrogen and oxygen atoms in total. The molecule has 0 fully saturated rings. The van der Waals surface area contributed by atoms with E-state index in [4.69, 9.17) is 16.3 Å². The molecule has 0 unspecified atom stereocenters. The standard InChI is InChI=1S/C14H20ClN5O/c1-14(2,3)17-8-12-10-20(19-18-12)4-5-21-13-6-11(15)7-16-9-13/h6-7,9-10,17H,4-5,8H2,1-3H3. The van der Waals surface area contributed by atoms with Crippen LogP contribution in [0.1, 0.15) is 26.5 Å². The maximum atomic E-state index is 5.84. The van der Waals surface area contributed by atoms with E-state index in [9.17, 15) is 0 Å². The van der Waals surface area contributed by atoms with Crippen molar-refractivity contribution >= 4 is 11.6 Å². The van der Waals surface area contributed by atoms with Crippen molar-refractivity contribution in [2.45, 2.75) is 39.4 Å². The number of aromatic nitrogens is 4. The van der Waals surface area contributed by atoms with Crippen molar-refractivity contribution < 1.29 is 4.74 Å². The van der Waals surface area contributed by atoms with Crippen LogP contribution in [0.15, 0.2) is 24.7 Å². The number of hydrogen-bond donors (Lipinski definition) is 1. The van der Waals surface area contributed by atoms with Gasteiger partial charge in [-0.25, -0.2) is 4.68 Å². The molecule has 0 atom stereocenters. The number of rotatable bonds is 6. The van der Waals surface area contributed by atoms with Gasteiger partial charge in [0.05, 0.1) is 23.5 Å². The number of halogens is 1. The Morgan fingerprint density at radius 3 is 2.86 bits per heavy atom. The van der Waals surface area contributed by atoms with Crippen molar-refractivity contribution in [2.75, 3.05) is 6.61 Å². The normalized spacial score (nSPS) is 11.6. The minimum atomic E-state index is 0.0620. The quantitative estimate of drug-likeness (QED) is 0.887. The molecule has 0 bridgehead atoms. The van der Waals surface area contributed by atoms with Crippen LogP contribution in [0.5, 0.6) is 5.75 Å². The molecule has 1 N–H and O–H groups in total. The zero-order valence-electron chi connectivity index (χ0n) is 12.5. The van der Waals surface area contributed by atoms with E-state index in [0.717, 1.165) is 5.69 Å². The van der Waals surface area contributed by atoms with Gasteiger partial charge >= 0.3 is 0 Å². The van der Waals surface area contributed by atoms with Crippen LogP contribution in [0.2, 0.25) is 5.02 Å². The Balaban J connectivity index is 1.78. The molecule has 0 aliphatic rings. The average molecular weight is 310 g/mol. The predicted octanol–water partition coefficient (Wildman–Crippen LogP) is 2.29. The van der Waals surface area contributed by atoms with Crippen molar-refractivity contribution in [3.05, 3.63) is 35.4 Å². The molecule has 0 spiro atoms. The minimum absolute atomic E-state index is 0.0620. The van der Waals surface area contributed by atoms with Crippen molar-refractivity contribution in [1.29, 1.82) is 0 Å². The third-order valence-electron chi connectivity index (χ3n) is 2.65. The van der Waals surface area contributed by atoms with Crippen LogP contribution in [0.3, 0.4) is 0 Å². The number of nitrogens with one attached hydrogen (secondary N) is 1. The van der Waals surface area contributed by atoms with E-state index in [1.165, 1.54) is 0 Å². The molecule has 21 heavy (non-hydrogen) atoms. The van der Waals surface area contributed by atoms with E-state index < -0.39 is 0 Å². The second-order valence-electron chi connectivity index (χ2n) is 5.76. The van der Waals surface area contributed by atoms with Crippen LogP contribution >= 0.6 is 11.6 Å². The molecule has 0 saturated heterocycles. The number of nitrogens with zero attached hydrogens (tertiary/aromatic N) is 4. The van der Waals surface area contributed by atoms with E-state index in [0.29, 0.717) is 30.5 Å². The summed E-state index contributed by atoms with van der Waals surface area (Å²) in [5, 5.41) is 12.1. The Morgan fingerprint density at radius 2 is 2.14 bits per heavy atom. The summed E-state index contributed by atoms with van der Waals surface area (Å²) in [5.74, 6) is 0.650. The van der Waals surface area contributed by atoms with Crippen LogP contribution in [-0.2, 0) is 13.1 Å². The molecular weight excluding hydrogens is 290 g/mol. The molecular formula is C14H20ClN5O. The SMILES string of the molecule is CC(C)(C)NCc1cn(CCOc2cncc(Cl)c2)nn1. The monoisotopic (exact) mass is 309 g/mol. The van der Waals surface area contributed by atoms with E-state index in [2.05, 4.69) is 41.4 Å². The summed E-state index contributed by atoms with van der Waals surface area (Å²) >= 11 is 5.84. The Morgan fingerprint density at radius 1 is 1.33 bits per heavy atom. The van der Waals surface area contributed by atoms with Gasteiger partial charge in [-0.1, -0.05) is 16.8 Å². The van der Waals surface area contributed by atoms with Gasteiger partial charge in [0.15, 0.2) is 0 Å². The van der Waals surface area contributed by atoms with Gasteiger partial charge in [-0.05, 0) is 20.8 Å². The first-order valence-electron chi connectivity index (χ1n) is 6.80. The summed E-state index contributed by atoms with van der Waals surface area (Å²) in [6, 6.07) is 1.73. The molecule has 2 heterocycles. The topological polar surface area (TPSA) is 64.9 Å². The lowest BCUT2D eigenvalue weighted by molar-refractivity contribution is 0.288. The van der Waals surface area contributed by atoms with Gasteiger partial charge in [-0.2, -0.15) is 0 Å². The molecule has 2 aromatic heterocycles. The lowest BCUT2D eigenvalue weighted by atomic mass is 10.1. The molecule has 0 aliphatic carbocycles. The maximum absolute atomic E-state index is 5.84. The lowest BCUT2D eigenvalue weighted by Crippen LogP contribution is -2.35. The van der Waals surface area contributed by atoms with Gasteiger partial charge in [0, 0.05) is 30.5 Å². The fourth-order valence-corrected chi connectivity index (χ4v) is 1.78. The van der Waals surface area contributed by atoms with Crippen LogP contribution in [0, 0.1) is 0 Å². The van der Waals surface area contributed by atoms with Gasteiger partial charge in [0.1, 0.15) is 12.4 Å². The smallest absolute Gasteiger partial charge is 0.139 e. The number of hydrogen-bond acceptors (Lipinski definition) is 5. The predicted molar refractivity (Wildman–Crippen MR) is 81.4 cm³/mol. The zero-order chi connectivity index (χ0) is 15.3. The van der Waals surface area contributed by atoms with E-state index in [1.54, 1.807) is 23.1 Å². The van der Waals surface area contributed by atoms with Crippen molar-refractivity contribution in [3.8, 4) is 5.75 Å². The first-order chi connectivity index (χ1) is 9.92. The number of pyridine rings is 1. The summed E-state index contributed by atoms with van der Waals surface area (Å²) in [4.78, 5) is 3.96. The third kappa shape index (κ3) is 5.69. The zero-order valence-corrected chi connectivity index (χ0v) is 13.3. The first kappa shape index (κ1) is 15.7. The summed E-state index contributed by atoms with van der Waals surface area (Å²) < 4.78 is 7.32. The molecule has 2 aromatic rings. The summed E-state index contributed by atoms with van der Waals surface area (Å²) in [5.41, 5.74) is 0.973. The average Bonchev–Trinajstić information content (AvgIpc) is 2.84. The molecule has 0 radical (unpaired) electrons. The molecule has 2 rings (SSSR count). The van der Waals surface area contributed by atoms with Crippen molar-refractivity contribution in [3.63, 3.8) is 0 Å². The largest absolute Gasteiger partial charge is 0.490 e. The Bertz CT molecular complexity index is 579. The highest BCUT2D eigenvalue weighted by Crippen LogP contribution is 2.14. The molecule has 0 aromatic carbocycles. The van der Waals surface area contributed by atoms with Crippen LogP contribution in [0.4, 0.5) is 0 Å². The van der Waals surface area contributed by atoms with Crippen LogP contribution in [0.25, 0.3) is 0 Å². The highest BCUT2D eigenvalue weighted by atomic mass is 35.5. The Kier molecular flexibility index (Phi) is 5.14. The van der Waals surface area contributed by atoms with E-state index in [-0.39, 0.29) is 5.54 Å². The maximum Gasteiger partial charge on any atom is 0.139 e. The van der Waals surface area contributed by atoms with Gasteiger partial charge in [-0.3, -0.25) is 4.98 Å². The van der Waals surface area contributed by atoms with Crippen LogP contribution in [-0.4, -0.2) is 32.1 Å². The fraction of sp³-hybridized carbons (Fsp3) is 0.500. The number of ether oxygens (including phenoxy) is 1. The van der Waals surface area contributed by atoms with Crippen molar-refractivity contribution in [2.24, 2.45) is 0 Å². The summed E-state index contributed by atoms with van der Waals surface area (Å²) in [6.07, 6.45) is 5.12. The summed E-state index contributed by atoms with van der Waals surface area (Å²) in [7, 11) is 0. The van der Waals surface area contributed by atoms with Gasteiger partial charge in [0.25, 0.3) is 0 Å².